The standard InChI is InChI=1S/C25H29NO3S/c1-17(2)22-16-24(19(4)15-23(22)29-5)30(27,28)26-25(20-12-7-6-8-13-20)21-14-10-9-11-18(21)3/h6-17,25-26H,1-5H3/t25-/m0/s1. The van der Waals surface area contributed by atoms with Crippen molar-refractivity contribution in [3.05, 3.63) is 94.5 Å². The highest BCUT2D eigenvalue weighted by Gasteiger charge is 2.26. The summed E-state index contributed by atoms with van der Waals surface area (Å²) in [5.74, 6) is 0.843. The van der Waals surface area contributed by atoms with Crippen LogP contribution in [-0.4, -0.2) is 15.5 Å². The summed E-state index contributed by atoms with van der Waals surface area (Å²) in [6, 6.07) is 20.6. The van der Waals surface area contributed by atoms with Gasteiger partial charge in [-0.3, -0.25) is 0 Å². The lowest BCUT2D eigenvalue weighted by atomic mass is 9.96. The Balaban J connectivity index is 2.11. The molecule has 0 radical (unpaired) electrons. The first-order valence-corrected chi connectivity index (χ1v) is 11.5. The van der Waals surface area contributed by atoms with Crippen LogP contribution in [0.1, 0.15) is 53.6 Å². The number of hydrogen-bond donors (Lipinski definition) is 1. The zero-order chi connectivity index (χ0) is 21.9. The van der Waals surface area contributed by atoms with Crippen LogP contribution in [0, 0.1) is 13.8 Å². The number of ether oxygens (including phenoxy) is 1. The van der Waals surface area contributed by atoms with Crippen molar-refractivity contribution in [1.29, 1.82) is 0 Å². The second-order valence-corrected chi connectivity index (χ2v) is 9.52. The van der Waals surface area contributed by atoms with Crippen LogP contribution in [0.5, 0.6) is 5.75 Å². The van der Waals surface area contributed by atoms with E-state index in [0.29, 0.717) is 11.3 Å². The zero-order valence-electron chi connectivity index (χ0n) is 18.1. The fourth-order valence-corrected chi connectivity index (χ4v) is 5.15. The highest BCUT2D eigenvalue weighted by molar-refractivity contribution is 7.89. The fraction of sp³-hybridized carbons (Fsp3) is 0.280. The van der Waals surface area contributed by atoms with Gasteiger partial charge in [0.1, 0.15) is 5.75 Å². The summed E-state index contributed by atoms with van der Waals surface area (Å²) < 4.78 is 35.5. The summed E-state index contributed by atoms with van der Waals surface area (Å²) in [5.41, 5.74) is 4.38. The van der Waals surface area contributed by atoms with Gasteiger partial charge in [0.15, 0.2) is 0 Å². The summed E-state index contributed by atoms with van der Waals surface area (Å²) in [5, 5.41) is 0. The molecule has 4 nitrogen and oxygen atoms in total. The molecule has 0 amide bonds. The molecule has 0 bridgehead atoms. The maximum Gasteiger partial charge on any atom is 0.241 e. The van der Waals surface area contributed by atoms with Gasteiger partial charge < -0.3 is 4.74 Å². The Morgan fingerprint density at radius 1 is 0.833 bits per heavy atom. The molecule has 5 heteroatoms. The van der Waals surface area contributed by atoms with Crippen molar-refractivity contribution in [2.45, 2.75) is 44.6 Å². The SMILES string of the molecule is COc1cc(C)c(S(=O)(=O)N[C@@H](c2ccccc2)c2ccccc2C)cc1C(C)C. The molecule has 3 aromatic rings. The molecule has 3 aromatic carbocycles. The molecule has 0 aliphatic carbocycles. The number of nitrogens with one attached hydrogen (secondary N) is 1. The Morgan fingerprint density at radius 2 is 1.47 bits per heavy atom. The number of hydrogen-bond acceptors (Lipinski definition) is 3. The van der Waals surface area contributed by atoms with Crippen molar-refractivity contribution in [3.8, 4) is 5.75 Å². The van der Waals surface area contributed by atoms with Gasteiger partial charge >= 0.3 is 0 Å². The molecule has 1 N–H and O–H groups in total. The third-order valence-corrected chi connectivity index (χ3v) is 6.91. The van der Waals surface area contributed by atoms with Crippen LogP contribution in [0.4, 0.5) is 0 Å². The quantitative estimate of drug-likeness (QED) is 0.546. The largest absolute Gasteiger partial charge is 0.496 e. The molecular weight excluding hydrogens is 394 g/mol. The smallest absolute Gasteiger partial charge is 0.241 e. The molecule has 0 saturated heterocycles. The molecule has 0 heterocycles. The molecule has 158 valence electrons. The van der Waals surface area contributed by atoms with Crippen LogP contribution in [0.15, 0.2) is 71.6 Å². The average Bonchev–Trinajstić information content (AvgIpc) is 2.72. The Labute approximate surface area is 180 Å². The molecule has 0 spiro atoms. The van der Waals surface area contributed by atoms with Crippen molar-refractivity contribution in [3.63, 3.8) is 0 Å². The molecule has 0 fully saturated rings. The minimum atomic E-state index is -3.79. The summed E-state index contributed by atoms with van der Waals surface area (Å²) >= 11 is 0. The van der Waals surface area contributed by atoms with E-state index in [1.807, 2.05) is 75.4 Å². The van der Waals surface area contributed by atoms with E-state index >= 15 is 0 Å². The Hall–Kier alpha value is -2.63. The van der Waals surface area contributed by atoms with Crippen LogP contribution >= 0.6 is 0 Å². The Kier molecular flexibility index (Phi) is 6.64. The van der Waals surface area contributed by atoms with Crippen molar-refractivity contribution in [2.24, 2.45) is 0 Å². The highest BCUT2D eigenvalue weighted by Crippen LogP contribution is 2.33. The first kappa shape index (κ1) is 22.1. The number of aryl methyl sites for hydroxylation is 2. The molecule has 1 atom stereocenters. The summed E-state index contributed by atoms with van der Waals surface area (Å²) in [6.07, 6.45) is 0. The first-order chi connectivity index (χ1) is 14.2. The molecule has 3 rings (SSSR count). The van der Waals surface area contributed by atoms with Gasteiger partial charge in [0.25, 0.3) is 0 Å². The lowest BCUT2D eigenvalue weighted by Crippen LogP contribution is -2.30. The monoisotopic (exact) mass is 423 g/mol. The fourth-order valence-electron chi connectivity index (χ4n) is 3.68. The van der Waals surface area contributed by atoms with E-state index in [4.69, 9.17) is 4.74 Å². The van der Waals surface area contributed by atoms with E-state index in [-0.39, 0.29) is 10.8 Å². The molecule has 30 heavy (non-hydrogen) atoms. The van der Waals surface area contributed by atoms with E-state index in [2.05, 4.69) is 4.72 Å². The van der Waals surface area contributed by atoms with Crippen molar-refractivity contribution in [1.82, 2.24) is 4.72 Å². The van der Waals surface area contributed by atoms with E-state index in [1.54, 1.807) is 26.2 Å². The summed E-state index contributed by atoms with van der Waals surface area (Å²) in [7, 11) is -2.18. The van der Waals surface area contributed by atoms with Crippen LogP contribution < -0.4 is 9.46 Å². The Bertz CT molecular complexity index is 1120. The molecule has 0 aromatic heterocycles. The summed E-state index contributed by atoms with van der Waals surface area (Å²) in [4.78, 5) is 0.279. The van der Waals surface area contributed by atoms with Crippen LogP contribution in [0.25, 0.3) is 0 Å². The number of benzene rings is 3. The van der Waals surface area contributed by atoms with Crippen LogP contribution in [-0.2, 0) is 10.0 Å². The maximum atomic E-state index is 13.5. The predicted octanol–water partition coefficient (Wildman–Crippen LogP) is 5.50. The minimum Gasteiger partial charge on any atom is -0.496 e. The van der Waals surface area contributed by atoms with Crippen LogP contribution in [0.3, 0.4) is 0 Å². The van der Waals surface area contributed by atoms with E-state index in [1.165, 1.54) is 0 Å². The lowest BCUT2D eigenvalue weighted by Gasteiger charge is -2.23. The second kappa shape index (κ2) is 9.02. The van der Waals surface area contributed by atoms with Crippen molar-refractivity contribution in [2.75, 3.05) is 7.11 Å². The lowest BCUT2D eigenvalue weighted by molar-refractivity contribution is 0.406. The molecule has 0 aliphatic rings. The average molecular weight is 424 g/mol. The van der Waals surface area contributed by atoms with Gasteiger partial charge in [-0.05, 0) is 59.7 Å². The van der Waals surface area contributed by atoms with Gasteiger partial charge in [-0.25, -0.2) is 8.42 Å². The zero-order valence-corrected chi connectivity index (χ0v) is 19.0. The van der Waals surface area contributed by atoms with Crippen molar-refractivity contribution >= 4 is 10.0 Å². The van der Waals surface area contributed by atoms with Gasteiger partial charge in [-0.2, -0.15) is 4.72 Å². The minimum absolute atomic E-state index is 0.135. The van der Waals surface area contributed by atoms with E-state index in [0.717, 1.165) is 22.3 Å². The van der Waals surface area contributed by atoms with Crippen molar-refractivity contribution < 1.29 is 13.2 Å². The number of sulfonamides is 1. The number of rotatable bonds is 7. The molecule has 0 unspecified atom stereocenters. The van der Waals surface area contributed by atoms with Crippen LogP contribution in [0.2, 0.25) is 0 Å². The number of methoxy groups -OCH3 is 1. The molecular formula is C25H29NO3S. The third kappa shape index (κ3) is 4.58. The van der Waals surface area contributed by atoms with Gasteiger partial charge in [-0.1, -0.05) is 68.4 Å². The Morgan fingerprint density at radius 3 is 2.07 bits per heavy atom. The van der Waals surface area contributed by atoms with E-state index in [9.17, 15) is 8.42 Å². The molecule has 0 saturated carbocycles. The highest BCUT2D eigenvalue weighted by atomic mass is 32.2. The van der Waals surface area contributed by atoms with E-state index < -0.39 is 16.1 Å². The maximum absolute atomic E-state index is 13.5. The van der Waals surface area contributed by atoms with Gasteiger partial charge in [0, 0.05) is 0 Å². The normalized spacial score (nSPS) is 12.7. The second-order valence-electron chi connectivity index (χ2n) is 7.84. The van der Waals surface area contributed by atoms with Gasteiger partial charge in [0.05, 0.1) is 18.0 Å². The molecule has 0 aliphatic heterocycles. The summed E-state index contributed by atoms with van der Waals surface area (Å²) in [6.45, 7) is 7.84. The van der Waals surface area contributed by atoms with Gasteiger partial charge in [-0.15, -0.1) is 0 Å². The predicted molar refractivity (Wildman–Crippen MR) is 122 cm³/mol. The van der Waals surface area contributed by atoms with Gasteiger partial charge in [0.2, 0.25) is 10.0 Å². The first-order valence-electron chi connectivity index (χ1n) is 10.1. The third-order valence-electron chi connectivity index (χ3n) is 5.34. The topological polar surface area (TPSA) is 55.4 Å².